The summed E-state index contributed by atoms with van der Waals surface area (Å²) in [5.41, 5.74) is 0. The minimum Gasteiger partial charge on any atom is -0.298 e. The van der Waals surface area contributed by atoms with Gasteiger partial charge in [-0.2, -0.15) is 0 Å². The average Bonchev–Trinajstić information content (AvgIpc) is 2.36. The van der Waals surface area contributed by atoms with Gasteiger partial charge in [-0.05, 0) is 19.4 Å². The van der Waals surface area contributed by atoms with Crippen molar-refractivity contribution in [3.8, 4) is 0 Å². The summed E-state index contributed by atoms with van der Waals surface area (Å²) >= 11 is 11.4. The largest absolute Gasteiger partial charge is 0.298 e. The number of halogens is 3. The highest BCUT2D eigenvalue weighted by Gasteiger charge is 2.22. The van der Waals surface area contributed by atoms with Gasteiger partial charge in [0.2, 0.25) is 0 Å². The van der Waals surface area contributed by atoms with Crippen molar-refractivity contribution in [1.82, 2.24) is 4.90 Å². The summed E-state index contributed by atoms with van der Waals surface area (Å²) in [5, 5.41) is 0. The molecule has 0 radical (unpaired) electrons. The Labute approximate surface area is 84.4 Å². The van der Waals surface area contributed by atoms with Crippen LogP contribution in [0.25, 0.3) is 0 Å². The Kier molecular flexibility index (Phi) is 6.84. The molecule has 1 aliphatic heterocycles. The van der Waals surface area contributed by atoms with Gasteiger partial charge >= 0.3 is 0 Å². The first-order valence-corrected chi connectivity index (χ1v) is 4.81. The van der Waals surface area contributed by atoms with Crippen LogP contribution in [-0.4, -0.2) is 35.8 Å². The molecule has 0 N–H and O–H groups in total. The van der Waals surface area contributed by atoms with Crippen LogP contribution in [0.15, 0.2) is 0 Å². The quantitative estimate of drug-likeness (QED) is 0.658. The topological polar surface area (TPSA) is 3.24 Å². The maximum atomic E-state index is 5.75. The summed E-state index contributed by atoms with van der Waals surface area (Å²) in [6.45, 7) is 2.18. The van der Waals surface area contributed by atoms with Crippen molar-refractivity contribution in [3.05, 3.63) is 0 Å². The van der Waals surface area contributed by atoms with Crippen molar-refractivity contribution >= 4 is 35.6 Å². The second-order valence-electron chi connectivity index (χ2n) is 2.68. The molecule has 0 amide bonds. The van der Waals surface area contributed by atoms with Gasteiger partial charge in [-0.3, -0.25) is 4.90 Å². The van der Waals surface area contributed by atoms with E-state index in [1.807, 2.05) is 0 Å². The van der Waals surface area contributed by atoms with Gasteiger partial charge in [0.05, 0.1) is 0 Å². The highest BCUT2D eigenvalue weighted by molar-refractivity contribution is 6.18. The Morgan fingerprint density at radius 2 is 2.09 bits per heavy atom. The second kappa shape index (κ2) is 6.36. The number of hydrogen-bond acceptors (Lipinski definition) is 1. The van der Waals surface area contributed by atoms with Gasteiger partial charge in [0, 0.05) is 24.3 Å². The Morgan fingerprint density at radius 3 is 2.64 bits per heavy atom. The van der Waals surface area contributed by atoms with Crippen molar-refractivity contribution in [1.29, 1.82) is 0 Å². The van der Waals surface area contributed by atoms with E-state index in [0.29, 0.717) is 6.04 Å². The third-order valence-electron chi connectivity index (χ3n) is 2.05. The lowest BCUT2D eigenvalue weighted by Gasteiger charge is -2.20. The summed E-state index contributed by atoms with van der Waals surface area (Å²) in [6.07, 6.45) is 2.54. The van der Waals surface area contributed by atoms with E-state index in [1.165, 1.54) is 19.4 Å². The summed E-state index contributed by atoms with van der Waals surface area (Å²) in [7, 11) is 0. The second-order valence-corrected chi connectivity index (χ2v) is 3.36. The van der Waals surface area contributed by atoms with E-state index in [2.05, 4.69) is 4.90 Å². The molecule has 1 aliphatic rings. The summed E-state index contributed by atoms with van der Waals surface area (Å²) in [4.78, 5) is 2.38. The van der Waals surface area contributed by atoms with Gasteiger partial charge in [0.15, 0.2) is 0 Å². The zero-order valence-corrected chi connectivity index (χ0v) is 8.76. The molecule has 68 valence electrons. The minimum absolute atomic E-state index is 0. The van der Waals surface area contributed by atoms with Gasteiger partial charge in [-0.25, -0.2) is 0 Å². The lowest BCUT2D eigenvalue weighted by molar-refractivity contribution is 0.288. The highest BCUT2D eigenvalue weighted by atomic mass is 35.5. The SMILES string of the molecule is Cl.ClCCN1CCCC1CCl. The molecule has 4 heteroatoms. The highest BCUT2D eigenvalue weighted by Crippen LogP contribution is 2.17. The van der Waals surface area contributed by atoms with E-state index in [9.17, 15) is 0 Å². The van der Waals surface area contributed by atoms with Crippen molar-refractivity contribution in [2.45, 2.75) is 18.9 Å². The van der Waals surface area contributed by atoms with E-state index in [0.717, 1.165) is 18.3 Å². The van der Waals surface area contributed by atoms with E-state index in [4.69, 9.17) is 23.2 Å². The molecule has 1 atom stereocenters. The summed E-state index contributed by atoms with van der Waals surface area (Å²) in [5.74, 6) is 1.49. The normalized spacial score (nSPS) is 25.1. The van der Waals surface area contributed by atoms with Crippen molar-refractivity contribution < 1.29 is 0 Å². The molecule has 1 fully saturated rings. The average molecular weight is 219 g/mol. The van der Waals surface area contributed by atoms with Crippen molar-refractivity contribution in [2.75, 3.05) is 24.8 Å². The predicted octanol–water partition coefficient (Wildman–Crippen LogP) is 2.35. The van der Waals surface area contributed by atoms with Crippen molar-refractivity contribution in [2.24, 2.45) is 0 Å². The number of nitrogens with zero attached hydrogens (tertiary/aromatic N) is 1. The van der Waals surface area contributed by atoms with Crippen molar-refractivity contribution in [3.63, 3.8) is 0 Å². The molecule has 1 nitrogen and oxygen atoms in total. The molecule has 1 heterocycles. The van der Waals surface area contributed by atoms with E-state index in [1.54, 1.807) is 0 Å². The first kappa shape index (κ1) is 11.8. The smallest absolute Gasteiger partial charge is 0.0379 e. The first-order chi connectivity index (χ1) is 4.88. The fourth-order valence-corrected chi connectivity index (χ4v) is 2.04. The summed E-state index contributed by atoms with van der Waals surface area (Å²) in [6, 6.07) is 0.598. The molecule has 0 spiro atoms. The van der Waals surface area contributed by atoms with Gasteiger partial charge in [0.1, 0.15) is 0 Å². The third kappa shape index (κ3) is 3.37. The molecule has 0 aromatic heterocycles. The fourth-order valence-electron chi connectivity index (χ4n) is 1.47. The van der Waals surface area contributed by atoms with Crippen LogP contribution in [0.3, 0.4) is 0 Å². The molecule has 0 aromatic rings. The molecule has 0 aromatic carbocycles. The molecule has 1 rings (SSSR count). The van der Waals surface area contributed by atoms with Gasteiger partial charge < -0.3 is 0 Å². The van der Waals surface area contributed by atoms with Crippen LogP contribution < -0.4 is 0 Å². The Morgan fingerprint density at radius 1 is 1.36 bits per heavy atom. The molecule has 0 saturated carbocycles. The lowest BCUT2D eigenvalue weighted by Crippen LogP contribution is -2.32. The lowest BCUT2D eigenvalue weighted by atomic mass is 10.2. The van der Waals surface area contributed by atoms with Crippen LogP contribution in [0.5, 0.6) is 0 Å². The Balaban J connectivity index is 0.000001000. The predicted molar refractivity (Wildman–Crippen MR) is 53.3 cm³/mol. The molecular formula is C7H14Cl3N. The van der Waals surface area contributed by atoms with E-state index < -0.39 is 0 Å². The first-order valence-electron chi connectivity index (χ1n) is 3.74. The summed E-state index contributed by atoms with van der Waals surface area (Å²) < 4.78 is 0. The molecule has 1 unspecified atom stereocenters. The monoisotopic (exact) mass is 217 g/mol. The maximum absolute atomic E-state index is 5.75. The van der Waals surface area contributed by atoms with Crippen LogP contribution in [0.2, 0.25) is 0 Å². The van der Waals surface area contributed by atoms with E-state index >= 15 is 0 Å². The molecule has 11 heavy (non-hydrogen) atoms. The van der Waals surface area contributed by atoms with Gasteiger partial charge in [-0.15, -0.1) is 35.6 Å². The number of likely N-dealkylation sites (tertiary alicyclic amines) is 1. The zero-order chi connectivity index (χ0) is 7.40. The third-order valence-corrected chi connectivity index (χ3v) is 2.57. The zero-order valence-electron chi connectivity index (χ0n) is 6.43. The van der Waals surface area contributed by atoms with Crippen LogP contribution in [0.4, 0.5) is 0 Å². The number of hydrogen-bond donors (Lipinski definition) is 0. The van der Waals surface area contributed by atoms with Crippen LogP contribution >= 0.6 is 35.6 Å². The Hall–Kier alpha value is 0.830. The van der Waals surface area contributed by atoms with Gasteiger partial charge in [0.25, 0.3) is 0 Å². The van der Waals surface area contributed by atoms with Crippen LogP contribution in [0.1, 0.15) is 12.8 Å². The van der Waals surface area contributed by atoms with E-state index in [-0.39, 0.29) is 12.4 Å². The molecule has 1 saturated heterocycles. The standard InChI is InChI=1S/C7H13Cl2N.ClH/c8-3-5-10-4-1-2-7(10)6-9;/h7H,1-6H2;1H. The maximum Gasteiger partial charge on any atom is 0.0379 e. The fraction of sp³-hybridized carbons (Fsp3) is 1.00. The number of rotatable bonds is 3. The number of alkyl halides is 2. The molecule has 0 aliphatic carbocycles. The minimum atomic E-state index is 0. The molecule has 0 bridgehead atoms. The van der Waals surface area contributed by atoms with Gasteiger partial charge in [-0.1, -0.05) is 0 Å². The van der Waals surface area contributed by atoms with Crippen LogP contribution in [0, 0.1) is 0 Å². The van der Waals surface area contributed by atoms with Crippen LogP contribution in [-0.2, 0) is 0 Å². The molecular weight excluding hydrogens is 204 g/mol. The Bertz CT molecular complexity index is 99.7.